The van der Waals surface area contributed by atoms with Crippen LogP contribution in [0.1, 0.15) is 58.0 Å². The van der Waals surface area contributed by atoms with E-state index in [1.54, 1.807) is 18.2 Å². The van der Waals surface area contributed by atoms with Crippen molar-refractivity contribution in [3.8, 4) is 17.4 Å². The number of carbonyl (C=O) groups is 4. The SMILES string of the molecule is COc1cc2sc(C(=O)CC(C)C(=O)O)cc2nc1OCCCc1c(OC)cc2sc(C(=O)CC(C)C(=O)O)cc2c1F. The molecule has 0 aliphatic heterocycles. The van der Waals surface area contributed by atoms with E-state index < -0.39 is 29.6 Å². The zero-order valence-electron chi connectivity index (χ0n) is 23.9. The number of carbonyl (C=O) groups excluding carboxylic acids is 2. The average Bonchev–Trinajstić information content (AvgIpc) is 3.59. The molecular weight excluding hydrogens is 601 g/mol. The number of hydrogen-bond donors (Lipinski definition) is 2. The molecule has 1 aromatic carbocycles. The Hall–Kier alpha value is -4.10. The highest BCUT2D eigenvalue weighted by Gasteiger charge is 2.23. The van der Waals surface area contributed by atoms with Gasteiger partial charge in [-0.1, -0.05) is 13.8 Å². The van der Waals surface area contributed by atoms with Crippen molar-refractivity contribution in [3.63, 3.8) is 0 Å². The number of pyridine rings is 1. The van der Waals surface area contributed by atoms with E-state index in [0.29, 0.717) is 43.3 Å². The number of thiophene rings is 2. The molecule has 0 radical (unpaired) electrons. The normalized spacial score (nSPS) is 12.7. The molecule has 2 atom stereocenters. The highest BCUT2D eigenvalue weighted by molar-refractivity contribution is 7.21. The minimum absolute atomic E-state index is 0.124. The van der Waals surface area contributed by atoms with Gasteiger partial charge in [-0.05, 0) is 31.0 Å². The molecule has 4 rings (SSSR count). The Bertz CT molecular complexity index is 1710. The van der Waals surface area contributed by atoms with Gasteiger partial charge in [0.05, 0.1) is 52.6 Å². The van der Waals surface area contributed by atoms with Crippen molar-refractivity contribution in [1.82, 2.24) is 4.98 Å². The lowest BCUT2D eigenvalue weighted by molar-refractivity contribution is -0.141. The monoisotopic (exact) mass is 631 g/mol. The quantitative estimate of drug-likeness (QED) is 0.114. The van der Waals surface area contributed by atoms with Gasteiger partial charge in [-0.15, -0.1) is 22.7 Å². The number of hydrogen-bond acceptors (Lipinski definition) is 10. The van der Waals surface area contributed by atoms with E-state index >= 15 is 4.39 Å². The number of carboxylic acid groups (broad SMARTS) is 2. The van der Waals surface area contributed by atoms with Crippen LogP contribution in [-0.2, 0) is 16.0 Å². The zero-order valence-corrected chi connectivity index (χ0v) is 25.5. The number of benzene rings is 1. The number of aromatic nitrogens is 1. The van der Waals surface area contributed by atoms with E-state index in [0.717, 1.165) is 11.3 Å². The van der Waals surface area contributed by atoms with Crippen molar-refractivity contribution in [1.29, 1.82) is 0 Å². The molecule has 43 heavy (non-hydrogen) atoms. The summed E-state index contributed by atoms with van der Waals surface area (Å²) in [6, 6.07) is 6.42. The molecule has 2 unspecified atom stereocenters. The number of ketones is 2. The second kappa shape index (κ2) is 13.5. The topological polar surface area (TPSA) is 149 Å². The van der Waals surface area contributed by atoms with E-state index in [1.807, 2.05) is 0 Å². The van der Waals surface area contributed by atoms with Crippen LogP contribution in [-0.4, -0.2) is 59.5 Å². The van der Waals surface area contributed by atoms with Gasteiger partial charge in [-0.3, -0.25) is 19.2 Å². The molecule has 0 amide bonds. The molecular formula is C30H30FNO9S2. The molecule has 2 N–H and O–H groups in total. The molecule has 0 aliphatic carbocycles. The lowest BCUT2D eigenvalue weighted by Crippen LogP contribution is -2.13. The molecule has 0 bridgehead atoms. The maximum absolute atomic E-state index is 15.6. The summed E-state index contributed by atoms with van der Waals surface area (Å²) < 4.78 is 33.5. The van der Waals surface area contributed by atoms with Gasteiger partial charge in [-0.2, -0.15) is 0 Å². The van der Waals surface area contributed by atoms with E-state index in [4.69, 9.17) is 24.4 Å². The summed E-state index contributed by atoms with van der Waals surface area (Å²) in [5, 5.41) is 18.5. The minimum atomic E-state index is -1.07. The highest BCUT2D eigenvalue weighted by atomic mass is 32.1. The van der Waals surface area contributed by atoms with Crippen LogP contribution in [0, 0.1) is 17.7 Å². The van der Waals surface area contributed by atoms with Gasteiger partial charge < -0.3 is 24.4 Å². The third-order valence-corrected chi connectivity index (χ3v) is 9.12. The first-order chi connectivity index (χ1) is 20.4. The molecule has 3 heterocycles. The molecule has 4 aromatic rings. The number of rotatable bonds is 15. The summed E-state index contributed by atoms with van der Waals surface area (Å²) in [6.45, 7) is 3.08. The molecule has 13 heteroatoms. The number of carboxylic acids is 2. The van der Waals surface area contributed by atoms with Gasteiger partial charge in [0.15, 0.2) is 17.3 Å². The lowest BCUT2D eigenvalue weighted by atomic mass is 10.0. The molecule has 10 nitrogen and oxygen atoms in total. The maximum atomic E-state index is 15.6. The van der Waals surface area contributed by atoms with Crippen molar-refractivity contribution in [3.05, 3.63) is 45.4 Å². The molecule has 3 aromatic heterocycles. The second-order valence-electron chi connectivity index (χ2n) is 10.1. The van der Waals surface area contributed by atoms with E-state index in [1.165, 1.54) is 45.5 Å². The largest absolute Gasteiger partial charge is 0.496 e. The molecule has 0 aliphatic rings. The smallest absolute Gasteiger partial charge is 0.306 e. The number of methoxy groups -OCH3 is 2. The number of aliphatic carboxylic acids is 2. The average molecular weight is 632 g/mol. The molecule has 228 valence electrons. The molecule has 0 fully saturated rings. The number of halogens is 1. The Morgan fingerprint density at radius 1 is 0.860 bits per heavy atom. The summed E-state index contributed by atoms with van der Waals surface area (Å²) in [7, 11) is 2.89. The molecule has 0 spiro atoms. The highest BCUT2D eigenvalue weighted by Crippen LogP contribution is 2.37. The fourth-order valence-electron chi connectivity index (χ4n) is 4.38. The third kappa shape index (κ3) is 7.11. The Morgan fingerprint density at radius 2 is 1.42 bits per heavy atom. The first-order valence-electron chi connectivity index (χ1n) is 13.4. The van der Waals surface area contributed by atoms with Crippen molar-refractivity contribution in [2.24, 2.45) is 11.8 Å². The van der Waals surface area contributed by atoms with Crippen LogP contribution >= 0.6 is 22.7 Å². The molecule has 0 saturated heterocycles. The summed E-state index contributed by atoms with van der Waals surface area (Å²) in [6.07, 6.45) is 0.334. The lowest BCUT2D eigenvalue weighted by Gasteiger charge is -2.12. The summed E-state index contributed by atoms with van der Waals surface area (Å²) in [5.74, 6) is -4.05. The Kier molecular flexibility index (Phi) is 9.97. The van der Waals surface area contributed by atoms with Crippen LogP contribution in [0.4, 0.5) is 4.39 Å². The van der Waals surface area contributed by atoms with E-state index in [-0.39, 0.29) is 53.6 Å². The Labute approximate surface area is 254 Å². The first-order valence-corrected chi connectivity index (χ1v) is 15.0. The number of ether oxygens (including phenoxy) is 3. The maximum Gasteiger partial charge on any atom is 0.306 e. The van der Waals surface area contributed by atoms with E-state index in [9.17, 15) is 19.2 Å². The fraction of sp³-hybridized carbons (Fsp3) is 0.367. The van der Waals surface area contributed by atoms with Crippen LogP contribution in [0.15, 0.2) is 24.3 Å². The minimum Gasteiger partial charge on any atom is -0.496 e. The van der Waals surface area contributed by atoms with Crippen LogP contribution < -0.4 is 14.2 Å². The van der Waals surface area contributed by atoms with Crippen LogP contribution in [0.5, 0.6) is 17.4 Å². The van der Waals surface area contributed by atoms with E-state index in [2.05, 4.69) is 4.98 Å². The fourth-order valence-corrected chi connectivity index (χ4v) is 6.40. The predicted octanol–water partition coefficient (Wildman–Crippen LogP) is 6.27. The zero-order chi connectivity index (χ0) is 31.4. The van der Waals surface area contributed by atoms with Crippen LogP contribution in [0.2, 0.25) is 0 Å². The van der Waals surface area contributed by atoms with Crippen molar-refractivity contribution < 1.29 is 48.0 Å². The van der Waals surface area contributed by atoms with Crippen LogP contribution in [0.25, 0.3) is 20.3 Å². The van der Waals surface area contributed by atoms with Crippen molar-refractivity contribution in [2.45, 2.75) is 39.5 Å². The summed E-state index contributed by atoms with van der Waals surface area (Å²) in [4.78, 5) is 52.5. The molecule has 0 saturated carbocycles. The number of fused-ring (bicyclic) bond motifs is 2. The first kappa shape index (κ1) is 31.8. The summed E-state index contributed by atoms with van der Waals surface area (Å²) >= 11 is 2.29. The van der Waals surface area contributed by atoms with Gasteiger partial charge in [-0.25, -0.2) is 9.37 Å². The van der Waals surface area contributed by atoms with Crippen LogP contribution in [0.3, 0.4) is 0 Å². The number of Topliss-reactive ketones (excluding diaryl/α,β-unsaturated/α-hetero) is 2. The van der Waals surface area contributed by atoms with Crippen molar-refractivity contribution in [2.75, 3.05) is 20.8 Å². The van der Waals surface area contributed by atoms with Gasteiger partial charge in [0.1, 0.15) is 11.6 Å². The number of nitrogens with zero attached hydrogens (tertiary/aromatic N) is 1. The Balaban J connectivity index is 1.47. The van der Waals surface area contributed by atoms with Crippen molar-refractivity contribution >= 4 is 66.5 Å². The Morgan fingerprint density at radius 3 is 2.00 bits per heavy atom. The van der Waals surface area contributed by atoms with Gasteiger partial charge in [0.25, 0.3) is 5.88 Å². The standard InChI is InChI=1S/C30H30FNO9S2/c1-14(29(35)36)8-19(33)25-10-17-23(42-25)12-21(39-3)16(27(17)31)6-5-7-41-28-22(40-4)13-24-18(32-28)11-26(43-24)20(34)9-15(2)30(37)38/h10-15H,5-9H2,1-4H3,(H,35,36)(H,37,38). The third-order valence-electron chi connectivity index (χ3n) is 6.88. The summed E-state index contributed by atoms with van der Waals surface area (Å²) in [5.41, 5.74) is 0.826. The van der Waals surface area contributed by atoms with Gasteiger partial charge in [0.2, 0.25) is 0 Å². The van der Waals surface area contributed by atoms with Gasteiger partial charge in [0, 0.05) is 34.6 Å². The van der Waals surface area contributed by atoms with Gasteiger partial charge >= 0.3 is 11.9 Å². The predicted molar refractivity (Wildman–Crippen MR) is 160 cm³/mol. The second-order valence-corrected chi connectivity index (χ2v) is 12.2.